The topological polar surface area (TPSA) is 49.4 Å². The van der Waals surface area contributed by atoms with Crippen molar-refractivity contribution >= 4 is 39.5 Å². The van der Waals surface area contributed by atoms with E-state index < -0.39 is 6.04 Å². The first-order valence-corrected chi connectivity index (χ1v) is 12.8. The van der Waals surface area contributed by atoms with Crippen LogP contribution in [0.5, 0.6) is 0 Å². The summed E-state index contributed by atoms with van der Waals surface area (Å²) in [7, 11) is 0. The Labute approximate surface area is 198 Å². The summed E-state index contributed by atoms with van der Waals surface area (Å²) in [6.45, 7) is 4.33. The van der Waals surface area contributed by atoms with Crippen LogP contribution in [0, 0.1) is 6.92 Å². The van der Waals surface area contributed by atoms with E-state index in [4.69, 9.17) is 0 Å². The van der Waals surface area contributed by atoms with Gasteiger partial charge in [0.25, 0.3) is 0 Å². The molecule has 4 nitrogen and oxygen atoms in total. The second-order valence-corrected chi connectivity index (χ2v) is 10.2. The molecule has 2 aromatic carbocycles. The van der Waals surface area contributed by atoms with Crippen LogP contribution in [0.15, 0.2) is 53.0 Å². The molecule has 1 saturated carbocycles. The Morgan fingerprint density at radius 2 is 1.84 bits per heavy atom. The molecule has 1 atom stereocenters. The van der Waals surface area contributed by atoms with Crippen molar-refractivity contribution < 1.29 is 9.59 Å². The number of halogens is 1. The Hall–Kier alpha value is -1.79. The molecule has 0 bridgehead atoms. The van der Waals surface area contributed by atoms with Gasteiger partial charge in [0.05, 0.1) is 5.75 Å². The number of nitrogens with one attached hydrogen (secondary N) is 1. The zero-order chi connectivity index (χ0) is 22.2. The zero-order valence-electron chi connectivity index (χ0n) is 18.3. The van der Waals surface area contributed by atoms with E-state index in [1.165, 1.54) is 5.56 Å². The lowest BCUT2D eigenvalue weighted by Crippen LogP contribution is -2.50. The molecule has 0 heterocycles. The van der Waals surface area contributed by atoms with E-state index >= 15 is 0 Å². The number of amides is 2. The van der Waals surface area contributed by atoms with Crippen molar-refractivity contribution in [3.8, 4) is 0 Å². The van der Waals surface area contributed by atoms with Crippen LogP contribution in [-0.4, -0.2) is 34.6 Å². The van der Waals surface area contributed by atoms with Gasteiger partial charge in [0.2, 0.25) is 11.8 Å². The van der Waals surface area contributed by atoms with Crippen LogP contribution in [0.1, 0.15) is 49.3 Å². The van der Waals surface area contributed by atoms with Gasteiger partial charge < -0.3 is 10.2 Å². The van der Waals surface area contributed by atoms with E-state index in [-0.39, 0.29) is 17.9 Å². The molecule has 2 aromatic rings. The van der Waals surface area contributed by atoms with Crippen molar-refractivity contribution in [2.24, 2.45) is 0 Å². The van der Waals surface area contributed by atoms with Crippen molar-refractivity contribution in [3.05, 3.63) is 69.7 Å². The maximum Gasteiger partial charge on any atom is 0.242 e. The minimum atomic E-state index is -0.498. The summed E-state index contributed by atoms with van der Waals surface area (Å²) in [6.07, 6.45) is 4.40. The second kappa shape index (κ2) is 11.7. The number of benzene rings is 2. The number of nitrogens with zero attached hydrogens (tertiary/aromatic N) is 1. The second-order valence-electron chi connectivity index (χ2n) is 8.30. The minimum absolute atomic E-state index is 0.00214. The predicted molar refractivity (Wildman–Crippen MR) is 132 cm³/mol. The van der Waals surface area contributed by atoms with E-state index in [1.807, 2.05) is 44.2 Å². The van der Waals surface area contributed by atoms with Gasteiger partial charge >= 0.3 is 0 Å². The van der Waals surface area contributed by atoms with Crippen molar-refractivity contribution in [1.82, 2.24) is 10.2 Å². The SMILES string of the molecule is Cc1cccc(CN(C(=O)CSCc2ccc(Br)cc2)C(C)C(=O)NC2CCCC2)c1. The van der Waals surface area contributed by atoms with Gasteiger partial charge in [-0.15, -0.1) is 11.8 Å². The number of thioether (sulfide) groups is 1. The van der Waals surface area contributed by atoms with Crippen LogP contribution in [-0.2, 0) is 21.9 Å². The summed E-state index contributed by atoms with van der Waals surface area (Å²) < 4.78 is 1.05. The number of hydrogen-bond donors (Lipinski definition) is 1. The lowest BCUT2D eigenvalue weighted by atomic mass is 10.1. The highest BCUT2D eigenvalue weighted by atomic mass is 79.9. The van der Waals surface area contributed by atoms with Crippen LogP contribution in [0.2, 0.25) is 0 Å². The van der Waals surface area contributed by atoms with Crippen LogP contribution in [0.4, 0.5) is 0 Å². The van der Waals surface area contributed by atoms with Gasteiger partial charge in [-0.2, -0.15) is 0 Å². The molecule has 0 saturated heterocycles. The molecule has 31 heavy (non-hydrogen) atoms. The Morgan fingerprint density at radius 3 is 2.52 bits per heavy atom. The van der Waals surface area contributed by atoms with Crippen molar-refractivity contribution in [2.45, 2.75) is 63.9 Å². The maximum absolute atomic E-state index is 13.2. The summed E-state index contributed by atoms with van der Waals surface area (Å²) in [5.41, 5.74) is 3.38. The minimum Gasteiger partial charge on any atom is -0.352 e. The van der Waals surface area contributed by atoms with Gasteiger partial charge in [-0.25, -0.2) is 0 Å². The van der Waals surface area contributed by atoms with Gasteiger partial charge in [-0.3, -0.25) is 9.59 Å². The third-order valence-electron chi connectivity index (χ3n) is 5.71. The fourth-order valence-electron chi connectivity index (χ4n) is 3.90. The number of hydrogen-bond acceptors (Lipinski definition) is 3. The average Bonchev–Trinajstić information content (AvgIpc) is 3.26. The van der Waals surface area contributed by atoms with Crippen molar-refractivity contribution in [2.75, 3.05) is 5.75 Å². The quantitative estimate of drug-likeness (QED) is 0.494. The fraction of sp³-hybridized carbons (Fsp3) is 0.440. The standard InChI is InChI=1S/C25H31BrN2O2S/c1-18-6-5-7-21(14-18)15-28(19(2)25(30)27-23-8-3-4-9-23)24(29)17-31-16-20-10-12-22(26)13-11-20/h5-7,10-14,19,23H,3-4,8-9,15-17H2,1-2H3,(H,27,30). The zero-order valence-corrected chi connectivity index (χ0v) is 20.7. The number of carbonyl (C=O) groups excluding carboxylic acids is 2. The lowest BCUT2D eigenvalue weighted by molar-refractivity contribution is -0.138. The molecule has 1 fully saturated rings. The maximum atomic E-state index is 13.2. The molecular formula is C25H31BrN2O2S. The lowest BCUT2D eigenvalue weighted by Gasteiger charge is -2.30. The highest BCUT2D eigenvalue weighted by Gasteiger charge is 2.28. The summed E-state index contributed by atoms with van der Waals surface area (Å²) in [4.78, 5) is 27.8. The third kappa shape index (κ3) is 7.39. The van der Waals surface area contributed by atoms with E-state index in [1.54, 1.807) is 16.7 Å². The molecular weight excluding hydrogens is 472 g/mol. The van der Waals surface area contributed by atoms with Crippen LogP contribution in [0.25, 0.3) is 0 Å². The molecule has 1 N–H and O–H groups in total. The summed E-state index contributed by atoms with van der Waals surface area (Å²) in [5, 5.41) is 3.15. The Balaban J connectivity index is 1.65. The van der Waals surface area contributed by atoms with Gasteiger partial charge in [-0.05, 0) is 49.9 Å². The molecule has 1 aliphatic rings. The van der Waals surface area contributed by atoms with E-state index in [0.29, 0.717) is 12.3 Å². The van der Waals surface area contributed by atoms with E-state index in [0.717, 1.165) is 47.0 Å². The van der Waals surface area contributed by atoms with Gasteiger partial charge in [0.1, 0.15) is 6.04 Å². The van der Waals surface area contributed by atoms with Crippen molar-refractivity contribution in [3.63, 3.8) is 0 Å². The molecule has 0 aliphatic heterocycles. The van der Waals surface area contributed by atoms with E-state index in [9.17, 15) is 9.59 Å². The first-order valence-electron chi connectivity index (χ1n) is 10.9. The van der Waals surface area contributed by atoms with Crippen LogP contribution < -0.4 is 5.32 Å². The van der Waals surface area contributed by atoms with Gasteiger partial charge in [-0.1, -0.05) is 70.7 Å². The molecule has 2 amide bonds. The number of aryl methyl sites for hydroxylation is 1. The highest BCUT2D eigenvalue weighted by molar-refractivity contribution is 9.10. The fourth-order valence-corrected chi connectivity index (χ4v) is 5.04. The van der Waals surface area contributed by atoms with Gasteiger partial charge in [0, 0.05) is 22.8 Å². The molecule has 1 unspecified atom stereocenters. The van der Waals surface area contributed by atoms with Crippen LogP contribution >= 0.6 is 27.7 Å². The molecule has 0 radical (unpaired) electrons. The summed E-state index contributed by atoms with van der Waals surface area (Å²) >= 11 is 5.03. The first-order chi connectivity index (χ1) is 14.9. The summed E-state index contributed by atoms with van der Waals surface area (Å²) in [6, 6.07) is 16.0. The normalized spacial score (nSPS) is 14.9. The molecule has 6 heteroatoms. The summed E-state index contributed by atoms with van der Waals surface area (Å²) in [5.74, 6) is 1.06. The van der Waals surface area contributed by atoms with Crippen LogP contribution in [0.3, 0.4) is 0 Å². The Kier molecular flexibility index (Phi) is 9.02. The average molecular weight is 504 g/mol. The monoisotopic (exact) mass is 502 g/mol. The van der Waals surface area contributed by atoms with Crippen molar-refractivity contribution in [1.29, 1.82) is 0 Å². The van der Waals surface area contributed by atoms with E-state index in [2.05, 4.69) is 39.4 Å². The third-order valence-corrected chi connectivity index (χ3v) is 7.23. The molecule has 1 aliphatic carbocycles. The Morgan fingerprint density at radius 1 is 1.13 bits per heavy atom. The molecule has 166 valence electrons. The first kappa shape index (κ1) is 23.9. The molecule has 0 aromatic heterocycles. The number of rotatable bonds is 9. The molecule has 0 spiro atoms. The van der Waals surface area contributed by atoms with Gasteiger partial charge in [0.15, 0.2) is 0 Å². The predicted octanol–water partition coefficient (Wildman–Crippen LogP) is 5.47. The Bertz CT molecular complexity index is 881. The largest absolute Gasteiger partial charge is 0.352 e. The smallest absolute Gasteiger partial charge is 0.242 e. The highest BCUT2D eigenvalue weighted by Crippen LogP contribution is 2.20. The molecule has 3 rings (SSSR count). The number of carbonyl (C=O) groups is 2.